The Bertz CT molecular complexity index is 415. The molecule has 0 saturated heterocycles. The lowest BCUT2D eigenvalue weighted by Crippen LogP contribution is -1.87. The van der Waals surface area contributed by atoms with Gasteiger partial charge in [-0.3, -0.25) is 9.97 Å². The van der Waals surface area contributed by atoms with Crippen molar-refractivity contribution in [3.8, 4) is 11.1 Å². The molecule has 0 atom stereocenters. The number of aromatic nitrogens is 2. The maximum atomic E-state index is 4.27. The van der Waals surface area contributed by atoms with Crippen molar-refractivity contribution in [1.29, 1.82) is 0 Å². The first kappa shape index (κ1) is 12.1. The van der Waals surface area contributed by atoms with E-state index < -0.39 is 0 Å². The summed E-state index contributed by atoms with van der Waals surface area (Å²) in [7, 11) is 0. The number of hydrogen-bond acceptors (Lipinski definition) is 2. The van der Waals surface area contributed by atoms with E-state index in [1.165, 1.54) is 11.1 Å². The number of aryl methyl sites for hydroxylation is 1. The first-order valence-electron chi connectivity index (χ1n) is 4.75. The van der Waals surface area contributed by atoms with Gasteiger partial charge < -0.3 is 0 Å². The molecule has 0 N–H and O–H groups in total. The Morgan fingerprint density at radius 1 is 1.00 bits per heavy atom. The average molecular weight is 312 g/mol. The third-order valence-corrected chi connectivity index (χ3v) is 2.19. The predicted octanol–water partition coefficient (Wildman–Crippen LogP) is 3.32. The molecule has 0 aliphatic rings. The highest BCUT2D eigenvalue weighted by Crippen LogP contribution is 2.18. The Kier molecular flexibility index (Phi) is 4.68. The molecule has 2 aromatic rings. The molecule has 2 rings (SSSR count). The number of nitrogens with zero attached hydrogens (tertiary/aromatic N) is 2. The fourth-order valence-corrected chi connectivity index (χ4v) is 1.40. The molecule has 0 aliphatic heterocycles. The molecule has 0 fully saturated rings. The van der Waals surface area contributed by atoms with E-state index in [4.69, 9.17) is 0 Å². The Morgan fingerprint density at radius 3 is 2.33 bits per heavy atom. The maximum Gasteiger partial charge on any atom is 0.0407 e. The first-order valence-corrected chi connectivity index (χ1v) is 4.75. The lowest BCUT2D eigenvalue weighted by Gasteiger charge is -2.02. The van der Waals surface area contributed by atoms with E-state index in [2.05, 4.69) is 23.0 Å². The van der Waals surface area contributed by atoms with Gasteiger partial charge in [0.25, 0.3) is 0 Å². The Labute approximate surface area is 107 Å². The average Bonchev–Trinajstić information content (AvgIpc) is 2.30. The van der Waals surface area contributed by atoms with E-state index in [1.54, 1.807) is 12.4 Å². The second-order valence-electron chi connectivity index (χ2n) is 3.13. The van der Waals surface area contributed by atoms with E-state index in [9.17, 15) is 0 Å². The van der Waals surface area contributed by atoms with Crippen LogP contribution in [0.5, 0.6) is 0 Å². The molecule has 0 amide bonds. The highest BCUT2D eigenvalue weighted by molar-refractivity contribution is 14.0. The molecule has 15 heavy (non-hydrogen) atoms. The topological polar surface area (TPSA) is 25.8 Å². The standard InChI is InChI=1S/C12H12N2.HI/c1-2-12-9-11(5-8-14-12)10-3-6-13-7-4-10;/h3-9H,2H2,1H3;1H. The highest BCUT2D eigenvalue weighted by atomic mass is 127. The van der Waals surface area contributed by atoms with E-state index in [0.29, 0.717) is 0 Å². The van der Waals surface area contributed by atoms with Crippen molar-refractivity contribution in [2.45, 2.75) is 13.3 Å². The van der Waals surface area contributed by atoms with Crippen molar-refractivity contribution in [2.75, 3.05) is 0 Å². The Hall–Kier alpha value is -0.970. The van der Waals surface area contributed by atoms with Crippen LogP contribution in [0.15, 0.2) is 42.9 Å². The molecule has 0 bridgehead atoms. The number of hydrogen-bond donors (Lipinski definition) is 0. The van der Waals surface area contributed by atoms with Gasteiger partial charge in [-0.15, -0.1) is 24.0 Å². The van der Waals surface area contributed by atoms with Gasteiger partial charge in [0.2, 0.25) is 0 Å². The van der Waals surface area contributed by atoms with Gasteiger partial charge in [0.15, 0.2) is 0 Å². The molecular formula is C12H13IN2. The zero-order valence-electron chi connectivity index (χ0n) is 8.55. The highest BCUT2D eigenvalue weighted by Gasteiger charge is 1.97. The summed E-state index contributed by atoms with van der Waals surface area (Å²) in [6.45, 7) is 2.11. The second-order valence-corrected chi connectivity index (χ2v) is 3.13. The van der Waals surface area contributed by atoms with Crippen LogP contribution in [0.25, 0.3) is 11.1 Å². The fraction of sp³-hybridized carbons (Fsp3) is 0.167. The van der Waals surface area contributed by atoms with Gasteiger partial charge in [-0.1, -0.05) is 6.92 Å². The summed E-state index contributed by atoms with van der Waals surface area (Å²) in [5.74, 6) is 0. The van der Waals surface area contributed by atoms with Gasteiger partial charge >= 0.3 is 0 Å². The van der Waals surface area contributed by atoms with Crippen LogP contribution in [0, 0.1) is 0 Å². The molecule has 2 nitrogen and oxygen atoms in total. The third kappa shape index (κ3) is 2.99. The van der Waals surface area contributed by atoms with Crippen LogP contribution in [-0.4, -0.2) is 9.97 Å². The van der Waals surface area contributed by atoms with Crippen molar-refractivity contribution in [2.24, 2.45) is 0 Å². The number of pyridine rings is 2. The minimum absolute atomic E-state index is 0. The van der Waals surface area contributed by atoms with Crippen LogP contribution in [0.1, 0.15) is 12.6 Å². The van der Waals surface area contributed by atoms with Gasteiger partial charge in [-0.2, -0.15) is 0 Å². The van der Waals surface area contributed by atoms with Gasteiger partial charge in [-0.05, 0) is 41.8 Å². The smallest absolute Gasteiger partial charge is 0.0407 e. The van der Waals surface area contributed by atoms with Crippen LogP contribution >= 0.6 is 24.0 Å². The number of halogens is 1. The monoisotopic (exact) mass is 312 g/mol. The van der Waals surface area contributed by atoms with Crippen molar-refractivity contribution in [3.63, 3.8) is 0 Å². The van der Waals surface area contributed by atoms with Gasteiger partial charge in [0, 0.05) is 24.3 Å². The molecule has 0 spiro atoms. The fourth-order valence-electron chi connectivity index (χ4n) is 1.40. The Morgan fingerprint density at radius 2 is 1.67 bits per heavy atom. The van der Waals surface area contributed by atoms with E-state index in [-0.39, 0.29) is 24.0 Å². The molecule has 78 valence electrons. The summed E-state index contributed by atoms with van der Waals surface area (Å²) >= 11 is 0. The zero-order valence-corrected chi connectivity index (χ0v) is 10.9. The summed E-state index contributed by atoms with van der Waals surface area (Å²) in [4.78, 5) is 8.27. The van der Waals surface area contributed by atoms with Gasteiger partial charge in [-0.25, -0.2) is 0 Å². The van der Waals surface area contributed by atoms with E-state index in [1.807, 2.05) is 24.4 Å². The molecule has 0 radical (unpaired) electrons. The normalized spacial score (nSPS) is 9.40. The summed E-state index contributed by atoms with van der Waals surface area (Å²) in [6, 6.07) is 8.16. The quantitative estimate of drug-likeness (QED) is 0.795. The Balaban J connectivity index is 0.00000112. The van der Waals surface area contributed by atoms with Crippen LogP contribution in [-0.2, 0) is 6.42 Å². The number of rotatable bonds is 2. The van der Waals surface area contributed by atoms with Gasteiger partial charge in [0.05, 0.1) is 0 Å². The van der Waals surface area contributed by atoms with Crippen molar-refractivity contribution < 1.29 is 0 Å². The maximum absolute atomic E-state index is 4.27. The minimum Gasteiger partial charge on any atom is -0.265 e. The summed E-state index contributed by atoms with van der Waals surface area (Å²) < 4.78 is 0. The van der Waals surface area contributed by atoms with Gasteiger partial charge in [0.1, 0.15) is 0 Å². The van der Waals surface area contributed by atoms with Crippen molar-refractivity contribution in [3.05, 3.63) is 48.5 Å². The molecule has 3 heteroatoms. The zero-order chi connectivity index (χ0) is 9.80. The largest absolute Gasteiger partial charge is 0.265 e. The molecule has 0 aromatic carbocycles. The van der Waals surface area contributed by atoms with Crippen molar-refractivity contribution in [1.82, 2.24) is 9.97 Å². The van der Waals surface area contributed by atoms with Crippen LogP contribution in [0.2, 0.25) is 0 Å². The van der Waals surface area contributed by atoms with E-state index in [0.717, 1.165) is 12.1 Å². The van der Waals surface area contributed by atoms with Crippen LogP contribution in [0.3, 0.4) is 0 Å². The lowest BCUT2D eigenvalue weighted by molar-refractivity contribution is 1.04. The molecule has 2 heterocycles. The summed E-state index contributed by atoms with van der Waals surface area (Å²) in [5.41, 5.74) is 3.52. The molecule has 0 aliphatic carbocycles. The third-order valence-electron chi connectivity index (χ3n) is 2.19. The molecular weight excluding hydrogens is 299 g/mol. The second kappa shape index (κ2) is 5.80. The lowest BCUT2D eigenvalue weighted by atomic mass is 10.1. The minimum atomic E-state index is 0. The first-order chi connectivity index (χ1) is 6.90. The van der Waals surface area contributed by atoms with Crippen molar-refractivity contribution >= 4 is 24.0 Å². The summed E-state index contributed by atoms with van der Waals surface area (Å²) in [6.07, 6.45) is 6.44. The predicted molar refractivity (Wildman–Crippen MR) is 72.3 cm³/mol. The molecule has 0 unspecified atom stereocenters. The van der Waals surface area contributed by atoms with Crippen LogP contribution < -0.4 is 0 Å². The van der Waals surface area contributed by atoms with E-state index >= 15 is 0 Å². The summed E-state index contributed by atoms with van der Waals surface area (Å²) in [5, 5.41) is 0. The molecule has 0 saturated carbocycles. The van der Waals surface area contributed by atoms with Crippen LogP contribution in [0.4, 0.5) is 0 Å². The molecule has 2 aromatic heterocycles. The SMILES string of the molecule is CCc1cc(-c2ccncc2)ccn1.I.